The third-order valence-electron chi connectivity index (χ3n) is 3.82. The molecule has 0 N–H and O–H groups in total. The van der Waals surface area contributed by atoms with Crippen molar-refractivity contribution in [3.05, 3.63) is 0 Å². The van der Waals surface area contributed by atoms with Crippen LogP contribution in [0.2, 0.25) is 0 Å². The molecule has 2 nitrogen and oxygen atoms in total. The van der Waals surface area contributed by atoms with Crippen molar-refractivity contribution in [2.24, 2.45) is 5.92 Å². The molecule has 0 spiro atoms. The molecule has 1 saturated heterocycles. The van der Waals surface area contributed by atoms with E-state index in [4.69, 9.17) is 4.74 Å². The lowest BCUT2D eigenvalue weighted by molar-refractivity contribution is -0.0484. The van der Waals surface area contributed by atoms with Crippen molar-refractivity contribution in [1.29, 1.82) is 0 Å². The van der Waals surface area contributed by atoms with E-state index < -0.39 is 6.17 Å². The van der Waals surface area contributed by atoms with E-state index in [1.54, 1.807) is 7.11 Å². The molecule has 14 heavy (non-hydrogen) atoms. The van der Waals surface area contributed by atoms with Gasteiger partial charge in [-0.05, 0) is 31.7 Å². The molecule has 2 rings (SSSR count). The van der Waals surface area contributed by atoms with Gasteiger partial charge in [-0.3, -0.25) is 4.90 Å². The van der Waals surface area contributed by atoms with Crippen LogP contribution in [0.4, 0.5) is 4.39 Å². The Labute approximate surface area is 85.4 Å². The second kappa shape index (κ2) is 4.15. The number of ether oxygens (including phenoxy) is 1. The van der Waals surface area contributed by atoms with Crippen LogP contribution in [0.25, 0.3) is 0 Å². The van der Waals surface area contributed by atoms with Crippen LogP contribution < -0.4 is 0 Å². The monoisotopic (exact) mass is 201 g/mol. The molecule has 1 saturated carbocycles. The van der Waals surface area contributed by atoms with E-state index >= 15 is 0 Å². The highest BCUT2D eigenvalue weighted by atomic mass is 19.1. The fraction of sp³-hybridized carbons (Fsp3) is 1.00. The summed E-state index contributed by atoms with van der Waals surface area (Å²) in [5.74, 6) is 0.254. The van der Waals surface area contributed by atoms with E-state index in [9.17, 15) is 4.39 Å². The number of rotatable bonds is 2. The average molecular weight is 201 g/mol. The summed E-state index contributed by atoms with van der Waals surface area (Å²) >= 11 is 0. The predicted molar refractivity (Wildman–Crippen MR) is 54.1 cm³/mol. The molecule has 2 fully saturated rings. The van der Waals surface area contributed by atoms with Gasteiger partial charge in [0.05, 0.1) is 6.10 Å². The first-order chi connectivity index (χ1) is 6.70. The molecule has 1 aliphatic heterocycles. The van der Waals surface area contributed by atoms with Crippen LogP contribution in [-0.4, -0.2) is 43.4 Å². The Hall–Kier alpha value is -0.150. The molecular weight excluding hydrogens is 181 g/mol. The summed E-state index contributed by atoms with van der Waals surface area (Å²) in [5.41, 5.74) is 0. The summed E-state index contributed by atoms with van der Waals surface area (Å²) in [7, 11) is 1.76. The second-order valence-electron chi connectivity index (χ2n) is 4.76. The molecule has 0 bridgehead atoms. The zero-order chi connectivity index (χ0) is 10.1. The maximum Gasteiger partial charge on any atom is 0.115 e. The topological polar surface area (TPSA) is 12.5 Å². The Morgan fingerprint density at radius 2 is 2.07 bits per heavy atom. The Morgan fingerprint density at radius 3 is 2.64 bits per heavy atom. The maximum atomic E-state index is 13.5. The van der Waals surface area contributed by atoms with Gasteiger partial charge in [0.2, 0.25) is 0 Å². The summed E-state index contributed by atoms with van der Waals surface area (Å²) in [6.07, 6.45) is 3.01. The van der Waals surface area contributed by atoms with Crippen molar-refractivity contribution in [2.45, 2.75) is 44.5 Å². The van der Waals surface area contributed by atoms with E-state index in [0.29, 0.717) is 18.7 Å². The van der Waals surface area contributed by atoms with Crippen LogP contribution in [0.3, 0.4) is 0 Å². The summed E-state index contributed by atoms with van der Waals surface area (Å²) in [6, 6.07) is 0.589. The maximum absolute atomic E-state index is 13.5. The lowest BCUT2D eigenvalue weighted by Crippen LogP contribution is -2.53. The Balaban J connectivity index is 1.78. The van der Waals surface area contributed by atoms with Gasteiger partial charge in [0.25, 0.3) is 0 Å². The molecule has 2 atom stereocenters. The fourth-order valence-electron chi connectivity index (χ4n) is 2.41. The minimum absolute atomic E-state index is 0.254. The second-order valence-corrected chi connectivity index (χ2v) is 4.76. The van der Waals surface area contributed by atoms with Gasteiger partial charge >= 0.3 is 0 Å². The van der Waals surface area contributed by atoms with Crippen molar-refractivity contribution >= 4 is 0 Å². The number of hydrogen-bond donors (Lipinski definition) is 0. The number of alkyl halides is 1. The van der Waals surface area contributed by atoms with Crippen LogP contribution >= 0.6 is 0 Å². The Bertz CT molecular complexity index is 194. The number of piperidine rings is 1. The zero-order valence-corrected chi connectivity index (χ0v) is 9.08. The van der Waals surface area contributed by atoms with Crippen LogP contribution in [0.15, 0.2) is 0 Å². The summed E-state index contributed by atoms with van der Waals surface area (Å²) in [5, 5.41) is 0. The lowest BCUT2D eigenvalue weighted by Gasteiger charge is -2.45. The standard InChI is InChI=1S/C11H20FNO/c1-8-3-4-13(7-11(8)12)9-5-10(6-9)14-2/h8-11H,3-7H2,1-2H3/t8-,9-,10-,11+/m0/s1. The molecular formula is C11H20FNO. The molecule has 82 valence electrons. The van der Waals surface area contributed by atoms with E-state index in [2.05, 4.69) is 4.90 Å². The molecule has 0 amide bonds. The van der Waals surface area contributed by atoms with Crippen molar-refractivity contribution in [3.63, 3.8) is 0 Å². The molecule has 0 aromatic rings. The highest BCUT2D eigenvalue weighted by Crippen LogP contribution is 2.31. The molecule has 0 unspecified atom stereocenters. The van der Waals surface area contributed by atoms with Crippen LogP contribution in [0, 0.1) is 5.92 Å². The van der Waals surface area contributed by atoms with Gasteiger partial charge in [-0.25, -0.2) is 4.39 Å². The fourth-order valence-corrected chi connectivity index (χ4v) is 2.41. The molecule has 0 aromatic heterocycles. The molecule has 1 heterocycles. The van der Waals surface area contributed by atoms with Gasteiger partial charge < -0.3 is 4.74 Å². The SMILES string of the molecule is CO[C@H]1C[C@H](N2CC[C@H](C)[C@H](F)C2)C1. The summed E-state index contributed by atoms with van der Waals surface area (Å²) in [4.78, 5) is 2.31. The largest absolute Gasteiger partial charge is 0.381 e. The molecule has 0 aromatic carbocycles. The lowest BCUT2D eigenvalue weighted by atomic mass is 9.85. The van der Waals surface area contributed by atoms with Crippen LogP contribution in [0.1, 0.15) is 26.2 Å². The quantitative estimate of drug-likeness (QED) is 0.676. The third-order valence-corrected chi connectivity index (χ3v) is 3.82. The molecule has 2 aliphatic rings. The van der Waals surface area contributed by atoms with Gasteiger partial charge in [0, 0.05) is 19.7 Å². The normalized spacial score (nSPS) is 44.8. The van der Waals surface area contributed by atoms with E-state index in [0.717, 1.165) is 25.8 Å². The Kier molecular flexibility index (Phi) is 3.07. The number of hydrogen-bond acceptors (Lipinski definition) is 2. The van der Waals surface area contributed by atoms with Crippen LogP contribution in [-0.2, 0) is 4.74 Å². The molecule has 1 aliphatic carbocycles. The number of likely N-dealkylation sites (tertiary alicyclic amines) is 1. The molecule has 0 radical (unpaired) electrons. The van der Waals surface area contributed by atoms with Gasteiger partial charge in [0.1, 0.15) is 6.17 Å². The first kappa shape index (κ1) is 10.4. The van der Waals surface area contributed by atoms with Gasteiger partial charge in [-0.2, -0.15) is 0 Å². The van der Waals surface area contributed by atoms with Crippen LogP contribution in [0.5, 0.6) is 0 Å². The predicted octanol–water partition coefficient (Wildman–Crippen LogP) is 1.84. The van der Waals surface area contributed by atoms with E-state index in [-0.39, 0.29) is 5.92 Å². The highest BCUT2D eigenvalue weighted by Gasteiger charge is 2.37. The molecule has 3 heteroatoms. The first-order valence-electron chi connectivity index (χ1n) is 5.61. The summed E-state index contributed by atoms with van der Waals surface area (Å²) in [6.45, 7) is 3.73. The van der Waals surface area contributed by atoms with E-state index in [1.807, 2.05) is 6.92 Å². The highest BCUT2D eigenvalue weighted by molar-refractivity contribution is 4.91. The minimum Gasteiger partial charge on any atom is -0.381 e. The van der Waals surface area contributed by atoms with Crippen molar-refractivity contribution in [2.75, 3.05) is 20.2 Å². The van der Waals surface area contributed by atoms with Crippen molar-refractivity contribution in [1.82, 2.24) is 4.90 Å². The van der Waals surface area contributed by atoms with Gasteiger partial charge in [0.15, 0.2) is 0 Å². The average Bonchev–Trinajstić information content (AvgIpc) is 2.09. The van der Waals surface area contributed by atoms with Gasteiger partial charge in [-0.1, -0.05) is 6.92 Å². The van der Waals surface area contributed by atoms with Crippen molar-refractivity contribution in [3.8, 4) is 0 Å². The number of halogens is 1. The van der Waals surface area contributed by atoms with E-state index in [1.165, 1.54) is 0 Å². The van der Waals surface area contributed by atoms with Crippen molar-refractivity contribution < 1.29 is 9.13 Å². The first-order valence-corrected chi connectivity index (χ1v) is 5.61. The minimum atomic E-state index is -0.620. The number of methoxy groups -OCH3 is 1. The Morgan fingerprint density at radius 1 is 1.36 bits per heavy atom. The number of nitrogens with zero attached hydrogens (tertiary/aromatic N) is 1. The smallest absolute Gasteiger partial charge is 0.115 e. The van der Waals surface area contributed by atoms with Gasteiger partial charge in [-0.15, -0.1) is 0 Å². The zero-order valence-electron chi connectivity index (χ0n) is 9.08. The third kappa shape index (κ3) is 1.94. The summed E-state index contributed by atoms with van der Waals surface area (Å²) < 4.78 is 18.7.